The lowest BCUT2D eigenvalue weighted by Crippen LogP contribution is -2.26. The first-order valence-corrected chi connectivity index (χ1v) is 7.58. The van der Waals surface area contributed by atoms with Crippen LogP contribution >= 0.6 is 0 Å². The maximum absolute atomic E-state index is 13.2. The van der Waals surface area contributed by atoms with E-state index < -0.39 is 11.7 Å². The molecule has 0 aliphatic heterocycles. The number of phenolic OH excluding ortho intramolecular Hbond substituents is 1. The van der Waals surface area contributed by atoms with Crippen molar-refractivity contribution in [3.05, 3.63) is 54.5 Å². The Morgan fingerprint density at radius 3 is 2.38 bits per heavy atom. The first-order valence-electron chi connectivity index (χ1n) is 7.58. The molecule has 0 fully saturated rings. The van der Waals surface area contributed by atoms with Crippen LogP contribution in [0.25, 0.3) is 22.0 Å². The summed E-state index contributed by atoms with van der Waals surface area (Å²) in [4.78, 5) is 12.3. The molecule has 3 rings (SSSR count). The van der Waals surface area contributed by atoms with Gasteiger partial charge in [0, 0.05) is 17.1 Å². The van der Waals surface area contributed by atoms with E-state index in [1.165, 1.54) is 22.8 Å². The van der Waals surface area contributed by atoms with Crippen LogP contribution in [0.4, 0.5) is 9.18 Å². The van der Waals surface area contributed by atoms with Crippen molar-refractivity contribution >= 4 is 17.0 Å². The fourth-order valence-electron chi connectivity index (χ4n) is 2.60. The number of hydrogen-bond donors (Lipinski definition) is 1. The van der Waals surface area contributed by atoms with E-state index in [1.807, 2.05) is 0 Å². The van der Waals surface area contributed by atoms with Gasteiger partial charge in [-0.25, -0.2) is 9.18 Å². The summed E-state index contributed by atoms with van der Waals surface area (Å²) in [7, 11) is 0. The van der Waals surface area contributed by atoms with E-state index in [0.717, 1.165) is 0 Å². The number of nitrogens with zero attached hydrogens (tertiary/aromatic N) is 1. The molecule has 124 valence electrons. The molecule has 3 aromatic rings. The lowest BCUT2D eigenvalue weighted by Gasteiger charge is -2.20. The van der Waals surface area contributed by atoms with Gasteiger partial charge in [-0.05, 0) is 56.7 Å². The lowest BCUT2D eigenvalue weighted by atomic mass is 10.0. The lowest BCUT2D eigenvalue weighted by molar-refractivity contribution is 0.0544. The van der Waals surface area contributed by atoms with E-state index >= 15 is 0 Å². The van der Waals surface area contributed by atoms with Crippen LogP contribution in [0.2, 0.25) is 0 Å². The smallest absolute Gasteiger partial charge is 0.418 e. The molecular formula is C19H18FNO3. The van der Waals surface area contributed by atoms with E-state index in [0.29, 0.717) is 22.0 Å². The molecule has 0 amide bonds. The third kappa shape index (κ3) is 2.97. The van der Waals surface area contributed by atoms with Crippen LogP contribution in [0.15, 0.2) is 48.7 Å². The van der Waals surface area contributed by atoms with Gasteiger partial charge in [-0.15, -0.1) is 0 Å². The van der Waals surface area contributed by atoms with E-state index in [9.17, 15) is 14.3 Å². The Balaban J connectivity index is 2.14. The SMILES string of the molecule is CC(C)(C)OC(=O)n1ccc2c(-c3ccc(F)cc3)c(O)ccc21. The van der Waals surface area contributed by atoms with Crippen LogP contribution in [0, 0.1) is 5.82 Å². The largest absolute Gasteiger partial charge is 0.507 e. The van der Waals surface area contributed by atoms with Gasteiger partial charge in [-0.3, -0.25) is 4.57 Å². The Bertz CT molecular complexity index is 905. The molecule has 24 heavy (non-hydrogen) atoms. The average Bonchev–Trinajstić information content (AvgIpc) is 2.90. The van der Waals surface area contributed by atoms with Crippen LogP contribution in [-0.2, 0) is 4.74 Å². The Kier molecular flexibility index (Phi) is 3.79. The number of aromatic nitrogens is 1. The number of halogens is 1. The third-order valence-electron chi connectivity index (χ3n) is 3.57. The van der Waals surface area contributed by atoms with Crippen LogP contribution in [0.3, 0.4) is 0 Å². The summed E-state index contributed by atoms with van der Waals surface area (Å²) in [6, 6.07) is 10.8. The van der Waals surface area contributed by atoms with Crippen molar-refractivity contribution in [3.63, 3.8) is 0 Å². The number of hydrogen-bond acceptors (Lipinski definition) is 3. The number of benzene rings is 2. The number of fused-ring (bicyclic) bond motifs is 1. The van der Waals surface area contributed by atoms with Crippen LogP contribution in [0.5, 0.6) is 5.75 Å². The fourth-order valence-corrected chi connectivity index (χ4v) is 2.60. The summed E-state index contributed by atoms with van der Waals surface area (Å²) in [5.41, 5.74) is 1.22. The van der Waals surface area contributed by atoms with Crippen LogP contribution in [0.1, 0.15) is 20.8 Å². The average molecular weight is 327 g/mol. The van der Waals surface area contributed by atoms with Crippen molar-refractivity contribution in [1.82, 2.24) is 4.57 Å². The van der Waals surface area contributed by atoms with Crippen molar-refractivity contribution in [2.45, 2.75) is 26.4 Å². The van der Waals surface area contributed by atoms with E-state index in [2.05, 4.69) is 0 Å². The van der Waals surface area contributed by atoms with Crippen LogP contribution in [-0.4, -0.2) is 21.4 Å². The number of aromatic hydroxyl groups is 1. The quantitative estimate of drug-likeness (QED) is 0.689. The molecule has 0 spiro atoms. The standard InChI is InChI=1S/C19H18FNO3/c1-19(2,3)24-18(23)21-11-10-14-15(21)8-9-16(22)17(14)12-4-6-13(20)7-5-12/h4-11,22H,1-3H3. The van der Waals surface area contributed by atoms with Gasteiger partial charge < -0.3 is 9.84 Å². The molecule has 0 atom stereocenters. The van der Waals surface area contributed by atoms with Gasteiger partial charge >= 0.3 is 6.09 Å². The highest BCUT2D eigenvalue weighted by molar-refractivity contribution is 6.01. The molecule has 0 aliphatic carbocycles. The minimum Gasteiger partial charge on any atom is -0.507 e. The first-order chi connectivity index (χ1) is 11.3. The maximum Gasteiger partial charge on any atom is 0.418 e. The summed E-state index contributed by atoms with van der Waals surface area (Å²) in [6.07, 6.45) is 1.11. The van der Waals surface area contributed by atoms with Crippen molar-refractivity contribution < 1.29 is 19.0 Å². The molecular weight excluding hydrogens is 309 g/mol. The zero-order chi connectivity index (χ0) is 17.5. The molecule has 0 bridgehead atoms. The molecule has 5 heteroatoms. The Morgan fingerprint density at radius 1 is 1.08 bits per heavy atom. The summed E-state index contributed by atoms with van der Waals surface area (Å²) in [6.45, 7) is 5.39. The van der Waals surface area contributed by atoms with Gasteiger partial charge in [-0.1, -0.05) is 12.1 Å². The molecule has 0 aliphatic rings. The second-order valence-electron chi connectivity index (χ2n) is 6.57. The molecule has 4 nitrogen and oxygen atoms in total. The fraction of sp³-hybridized carbons (Fsp3) is 0.211. The van der Waals surface area contributed by atoms with E-state index in [-0.39, 0.29) is 11.6 Å². The number of phenols is 1. The Morgan fingerprint density at radius 2 is 1.75 bits per heavy atom. The van der Waals surface area contributed by atoms with Crippen molar-refractivity contribution in [2.24, 2.45) is 0 Å². The molecule has 0 saturated carbocycles. The van der Waals surface area contributed by atoms with Gasteiger partial charge in [0.05, 0.1) is 5.52 Å². The highest BCUT2D eigenvalue weighted by Gasteiger charge is 2.20. The summed E-state index contributed by atoms with van der Waals surface area (Å²) < 4.78 is 19.9. The maximum atomic E-state index is 13.2. The van der Waals surface area contributed by atoms with Gasteiger partial charge in [0.25, 0.3) is 0 Å². The minimum absolute atomic E-state index is 0.0658. The van der Waals surface area contributed by atoms with Crippen molar-refractivity contribution in [3.8, 4) is 16.9 Å². The summed E-state index contributed by atoms with van der Waals surface area (Å²) in [5.74, 6) is -0.284. The van der Waals surface area contributed by atoms with Gasteiger partial charge in [-0.2, -0.15) is 0 Å². The number of carbonyl (C=O) groups excluding carboxylic acids is 1. The zero-order valence-electron chi connectivity index (χ0n) is 13.7. The van der Waals surface area contributed by atoms with Crippen molar-refractivity contribution in [1.29, 1.82) is 0 Å². The Labute approximate surface area is 139 Å². The predicted octanol–water partition coefficient (Wildman–Crippen LogP) is 4.94. The topological polar surface area (TPSA) is 51.5 Å². The normalized spacial score (nSPS) is 11.7. The summed E-state index contributed by atoms with van der Waals surface area (Å²) >= 11 is 0. The highest BCUT2D eigenvalue weighted by atomic mass is 19.1. The predicted molar refractivity (Wildman–Crippen MR) is 90.6 cm³/mol. The molecule has 0 radical (unpaired) electrons. The van der Waals surface area contributed by atoms with Crippen molar-refractivity contribution in [2.75, 3.05) is 0 Å². The number of ether oxygens (including phenoxy) is 1. The Hall–Kier alpha value is -2.82. The highest BCUT2D eigenvalue weighted by Crippen LogP contribution is 2.37. The number of carbonyl (C=O) groups is 1. The van der Waals surface area contributed by atoms with Crippen LogP contribution < -0.4 is 0 Å². The van der Waals surface area contributed by atoms with E-state index in [4.69, 9.17) is 4.74 Å². The molecule has 1 heterocycles. The summed E-state index contributed by atoms with van der Waals surface area (Å²) in [5, 5.41) is 10.9. The first kappa shape index (κ1) is 16.1. The molecule has 0 saturated heterocycles. The van der Waals surface area contributed by atoms with E-state index in [1.54, 1.807) is 51.2 Å². The zero-order valence-corrected chi connectivity index (χ0v) is 13.7. The van der Waals surface area contributed by atoms with Gasteiger partial charge in [0.1, 0.15) is 17.2 Å². The molecule has 0 unspecified atom stereocenters. The third-order valence-corrected chi connectivity index (χ3v) is 3.57. The molecule has 1 N–H and O–H groups in total. The second kappa shape index (κ2) is 5.67. The van der Waals surface area contributed by atoms with Gasteiger partial charge in [0.2, 0.25) is 0 Å². The number of rotatable bonds is 1. The molecule has 1 aromatic heterocycles. The molecule has 2 aromatic carbocycles. The monoisotopic (exact) mass is 327 g/mol. The second-order valence-corrected chi connectivity index (χ2v) is 6.57. The van der Waals surface area contributed by atoms with Gasteiger partial charge in [0.15, 0.2) is 0 Å². The minimum atomic E-state index is -0.607.